The van der Waals surface area contributed by atoms with Crippen molar-refractivity contribution in [2.24, 2.45) is 0 Å². The van der Waals surface area contributed by atoms with Gasteiger partial charge in [-0.2, -0.15) is 9.59 Å². The highest BCUT2D eigenvalue weighted by Gasteiger charge is 2.07. The lowest BCUT2D eigenvalue weighted by Gasteiger charge is -2.08. The van der Waals surface area contributed by atoms with Crippen molar-refractivity contribution in [3.05, 3.63) is 42.1 Å². The van der Waals surface area contributed by atoms with Crippen molar-refractivity contribution in [3.63, 3.8) is 0 Å². The maximum absolute atomic E-state index is 8.12. The molecular formula is C15H15NO4. The van der Waals surface area contributed by atoms with E-state index < -0.39 is 0 Å². The molecule has 2 aromatic rings. The summed E-state index contributed by atoms with van der Waals surface area (Å²) < 4.78 is 10.3. The number of pyridine rings is 1. The third kappa shape index (κ3) is 3.93. The van der Waals surface area contributed by atoms with Gasteiger partial charge >= 0.3 is 6.15 Å². The lowest BCUT2D eigenvalue weighted by atomic mass is 10.1. The van der Waals surface area contributed by atoms with Crippen LogP contribution in [0.3, 0.4) is 0 Å². The molecule has 1 heterocycles. The number of hydrogen-bond acceptors (Lipinski definition) is 5. The Kier molecular flexibility index (Phi) is 5.94. The zero-order valence-corrected chi connectivity index (χ0v) is 11.5. The molecule has 0 aliphatic rings. The van der Waals surface area contributed by atoms with Gasteiger partial charge in [-0.15, -0.1) is 0 Å². The first kappa shape index (κ1) is 15.4. The Labute approximate surface area is 117 Å². The molecule has 1 aromatic heterocycles. The van der Waals surface area contributed by atoms with Crippen molar-refractivity contribution in [1.29, 1.82) is 0 Å². The molecular weight excluding hydrogens is 258 g/mol. The molecule has 20 heavy (non-hydrogen) atoms. The summed E-state index contributed by atoms with van der Waals surface area (Å²) >= 11 is 0. The van der Waals surface area contributed by atoms with Crippen molar-refractivity contribution >= 4 is 6.15 Å². The van der Waals surface area contributed by atoms with Crippen molar-refractivity contribution < 1.29 is 19.1 Å². The summed E-state index contributed by atoms with van der Waals surface area (Å²) in [6, 6.07) is 10.2. The second-order valence-corrected chi connectivity index (χ2v) is 3.88. The average Bonchev–Trinajstić information content (AvgIpc) is 2.48. The zero-order chi connectivity index (χ0) is 15.0. The Morgan fingerprint density at radius 3 is 2.10 bits per heavy atom. The summed E-state index contributed by atoms with van der Waals surface area (Å²) in [7, 11) is 3.19. The van der Waals surface area contributed by atoms with Gasteiger partial charge in [0.05, 0.1) is 14.2 Å². The highest BCUT2D eigenvalue weighted by molar-refractivity contribution is 5.65. The van der Waals surface area contributed by atoms with Crippen LogP contribution in [0.4, 0.5) is 0 Å². The Hall–Kier alpha value is -2.65. The largest absolute Gasteiger partial charge is 0.491 e. The van der Waals surface area contributed by atoms with Crippen LogP contribution >= 0.6 is 0 Å². The Morgan fingerprint density at radius 2 is 1.60 bits per heavy atom. The third-order valence-corrected chi connectivity index (χ3v) is 2.62. The summed E-state index contributed by atoms with van der Waals surface area (Å²) in [5.41, 5.74) is 3.37. The molecule has 0 amide bonds. The average molecular weight is 273 g/mol. The van der Waals surface area contributed by atoms with E-state index in [9.17, 15) is 0 Å². The van der Waals surface area contributed by atoms with Crippen LogP contribution in [0.5, 0.6) is 11.6 Å². The van der Waals surface area contributed by atoms with Crippen LogP contribution < -0.4 is 9.47 Å². The van der Waals surface area contributed by atoms with E-state index in [0.717, 1.165) is 11.1 Å². The second kappa shape index (κ2) is 7.71. The van der Waals surface area contributed by atoms with Crippen LogP contribution in [-0.2, 0) is 9.59 Å². The van der Waals surface area contributed by atoms with E-state index in [1.54, 1.807) is 20.4 Å². The summed E-state index contributed by atoms with van der Waals surface area (Å²) in [5, 5.41) is 0. The van der Waals surface area contributed by atoms with Crippen molar-refractivity contribution in [2.75, 3.05) is 14.2 Å². The van der Waals surface area contributed by atoms with Crippen molar-refractivity contribution in [3.8, 4) is 22.8 Å². The van der Waals surface area contributed by atoms with Gasteiger partial charge in [-0.1, -0.05) is 29.8 Å². The number of hydrogen-bond donors (Lipinski definition) is 0. The Balaban J connectivity index is 0.000000612. The molecule has 0 radical (unpaired) electrons. The number of methoxy groups -OCH3 is 2. The van der Waals surface area contributed by atoms with E-state index in [0.29, 0.717) is 11.6 Å². The Bertz CT molecular complexity index is 587. The van der Waals surface area contributed by atoms with E-state index >= 15 is 0 Å². The SMILES string of the molecule is COc1cc(-c2ccc(C)cc2)cnc1OC.O=C=O. The Morgan fingerprint density at radius 1 is 1.00 bits per heavy atom. The summed E-state index contributed by atoms with van der Waals surface area (Å²) in [4.78, 5) is 20.5. The molecule has 0 bridgehead atoms. The molecule has 2 rings (SSSR count). The fourth-order valence-electron chi connectivity index (χ4n) is 1.64. The molecule has 5 nitrogen and oxygen atoms in total. The minimum absolute atomic E-state index is 0.250. The first-order valence-corrected chi connectivity index (χ1v) is 5.80. The first-order chi connectivity index (χ1) is 9.65. The quantitative estimate of drug-likeness (QED) is 0.859. The molecule has 0 aliphatic heterocycles. The monoisotopic (exact) mass is 273 g/mol. The second-order valence-electron chi connectivity index (χ2n) is 3.88. The van der Waals surface area contributed by atoms with Gasteiger partial charge in [0.15, 0.2) is 5.75 Å². The maximum Gasteiger partial charge on any atom is 0.373 e. The topological polar surface area (TPSA) is 65.5 Å². The van der Waals surface area contributed by atoms with Gasteiger partial charge < -0.3 is 9.47 Å². The molecule has 0 fully saturated rings. The lowest BCUT2D eigenvalue weighted by molar-refractivity contribution is -0.191. The molecule has 1 aromatic carbocycles. The summed E-state index contributed by atoms with van der Waals surface area (Å²) in [6.45, 7) is 2.07. The molecule has 0 aliphatic carbocycles. The number of ether oxygens (including phenoxy) is 2. The zero-order valence-electron chi connectivity index (χ0n) is 11.5. The highest BCUT2D eigenvalue weighted by Crippen LogP contribution is 2.29. The van der Waals surface area contributed by atoms with Crippen molar-refractivity contribution in [2.45, 2.75) is 6.92 Å². The molecule has 0 saturated carbocycles. The van der Waals surface area contributed by atoms with Gasteiger partial charge in [0.1, 0.15) is 0 Å². The van der Waals surface area contributed by atoms with Gasteiger partial charge in [-0.3, -0.25) is 0 Å². The van der Waals surface area contributed by atoms with Crippen LogP contribution in [-0.4, -0.2) is 25.4 Å². The standard InChI is InChI=1S/C14H15NO2.CO2/c1-10-4-6-11(7-5-10)12-8-13(16-2)14(17-3)15-9-12;2-1-3/h4-9H,1-3H3;. The normalized spacial score (nSPS) is 8.95. The van der Waals surface area contributed by atoms with Gasteiger partial charge in [-0.05, 0) is 18.6 Å². The van der Waals surface area contributed by atoms with Gasteiger partial charge in [0.2, 0.25) is 0 Å². The van der Waals surface area contributed by atoms with E-state index in [1.807, 2.05) is 6.07 Å². The minimum Gasteiger partial charge on any atom is -0.491 e. The van der Waals surface area contributed by atoms with Crippen LogP contribution in [0.15, 0.2) is 36.5 Å². The number of nitrogens with zero attached hydrogens (tertiary/aromatic N) is 1. The number of aryl methyl sites for hydroxylation is 1. The molecule has 5 heteroatoms. The number of rotatable bonds is 3. The maximum atomic E-state index is 8.12. The molecule has 0 saturated heterocycles. The predicted octanol–water partition coefficient (Wildman–Crippen LogP) is 2.49. The molecule has 0 atom stereocenters. The molecule has 104 valence electrons. The third-order valence-electron chi connectivity index (χ3n) is 2.62. The van der Waals surface area contributed by atoms with Crippen molar-refractivity contribution in [1.82, 2.24) is 4.98 Å². The molecule has 0 N–H and O–H groups in total. The first-order valence-electron chi connectivity index (χ1n) is 5.80. The number of aromatic nitrogens is 1. The van der Waals surface area contributed by atoms with Gasteiger partial charge in [0.25, 0.3) is 5.88 Å². The smallest absolute Gasteiger partial charge is 0.373 e. The van der Waals surface area contributed by atoms with Crippen LogP contribution in [0.25, 0.3) is 11.1 Å². The lowest BCUT2D eigenvalue weighted by Crippen LogP contribution is -1.93. The summed E-state index contributed by atoms with van der Waals surface area (Å²) in [6.07, 6.45) is 2.03. The van der Waals surface area contributed by atoms with Crippen LogP contribution in [0.2, 0.25) is 0 Å². The van der Waals surface area contributed by atoms with Gasteiger partial charge in [0, 0.05) is 11.8 Å². The van der Waals surface area contributed by atoms with E-state index in [4.69, 9.17) is 19.1 Å². The number of carbonyl (C=O) groups excluding carboxylic acids is 2. The minimum atomic E-state index is 0.250. The predicted molar refractivity (Wildman–Crippen MR) is 72.5 cm³/mol. The van der Waals surface area contributed by atoms with Crippen LogP contribution in [0.1, 0.15) is 5.56 Å². The summed E-state index contributed by atoms with van der Waals surface area (Å²) in [5.74, 6) is 1.15. The molecule has 0 unspecified atom stereocenters. The highest BCUT2D eigenvalue weighted by atomic mass is 16.5. The fourth-order valence-corrected chi connectivity index (χ4v) is 1.64. The van der Waals surface area contributed by atoms with E-state index in [2.05, 4.69) is 36.2 Å². The molecule has 0 spiro atoms. The van der Waals surface area contributed by atoms with E-state index in [-0.39, 0.29) is 6.15 Å². The van der Waals surface area contributed by atoms with E-state index in [1.165, 1.54) is 5.56 Å². The fraction of sp³-hybridized carbons (Fsp3) is 0.200. The van der Waals surface area contributed by atoms with Gasteiger partial charge in [-0.25, -0.2) is 4.98 Å². The number of benzene rings is 1. The van der Waals surface area contributed by atoms with Crippen LogP contribution in [0, 0.1) is 6.92 Å².